The van der Waals surface area contributed by atoms with Gasteiger partial charge in [0.25, 0.3) is 0 Å². The molecule has 0 radical (unpaired) electrons. The van der Waals surface area contributed by atoms with Crippen LogP contribution in [0.25, 0.3) is 11.5 Å². The summed E-state index contributed by atoms with van der Waals surface area (Å²) in [5, 5.41) is 11.4. The molecule has 0 unspecified atom stereocenters. The Morgan fingerprint density at radius 3 is 2.88 bits per heavy atom. The van der Waals surface area contributed by atoms with Gasteiger partial charge in [-0.2, -0.15) is 5.10 Å². The predicted molar refractivity (Wildman–Crippen MR) is 64.7 cm³/mol. The maximum absolute atomic E-state index is 4.53. The highest BCUT2D eigenvalue weighted by molar-refractivity contribution is 5.51. The highest BCUT2D eigenvalue weighted by atomic mass is 15.3. The predicted octanol–water partition coefficient (Wildman–Crippen LogP) is 0.276. The van der Waals surface area contributed by atoms with Gasteiger partial charge < -0.3 is 15.2 Å². The summed E-state index contributed by atoms with van der Waals surface area (Å²) < 4.78 is 0. The molecule has 1 saturated heterocycles. The van der Waals surface area contributed by atoms with Gasteiger partial charge in [0.2, 0.25) is 0 Å². The lowest BCUT2D eigenvalue weighted by Gasteiger charge is -2.27. The van der Waals surface area contributed by atoms with E-state index in [-0.39, 0.29) is 0 Å². The van der Waals surface area contributed by atoms with Crippen molar-refractivity contribution in [1.82, 2.24) is 25.5 Å². The van der Waals surface area contributed by atoms with Gasteiger partial charge in [-0.3, -0.25) is 0 Å². The first-order valence-electron chi connectivity index (χ1n) is 5.72. The third-order valence-corrected chi connectivity index (χ3v) is 2.83. The van der Waals surface area contributed by atoms with E-state index in [4.69, 9.17) is 0 Å². The summed E-state index contributed by atoms with van der Waals surface area (Å²) in [6.45, 7) is 3.90. The Hall–Kier alpha value is -1.95. The van der Waals surface area contributed by atoms with Crippen LogP contribution in [0.15, 0.2) is 24.5 Å². The summed E-state index contributed by atoms with van der Waals surface area (Å²) in [6, 6.07) is 3.87. The molecule has 6 heteroatoms. The number of nitrogens with zero attached hydrogens (tertiary/aromatic N) is 4. The second-order valence-electron chi connectivity index (χ2n) is 3.96. The number of piperazine rings is 1. The van der Waals surface area contributed by atoms with Crippen molar-refractivity contribution in [3.8, 4) is 11.5 Å². The van der Waals surface area contributed by atoms with Crippen molar-refractivity contribution in [3.05, 3.63) is 24.5 Å². The first-order chi connectivity index (χ1) is 8.43. The fourth-order valence-electron chi connectivity index (χ4n) is 1.92. The molecule has 0 amide bonds. The second-order valence-corrected chi connectivity index (χ2v) is 3.96. The Balaban J connectivity index is 1.88. The van der Waals surface area contributed by atoms with E-state index in [1.54, 1.807) is 6.20 Å². The number of hydrogen-bond donors (Lipinski definition) is 2. The molecule has 6 nitrogen and oxygen atoms in total. The monoisotopic (exact) mass is 230 g/mol. The van der Waals surface area contributed by atoms with E-state index in [0.29, 0.717) is 5.82 Å². The maximum atomic E-state index is 4.53. The molecular formula is C11H14N6. The Morgan fingerprint density at radius 1 is 1.24 bits per heavy atom. The lowest BCUT2D eigenvalue weighted by molar-refractivity contribution is 0.583. The molecule has 1 aliphatic heterocycles. The number of nitrogens with one attached hydrogen (secondary N) is 2. The molecule has 0 bridgehead atoms. The average molecular weight is 230 g/mol. The number of aromatic amines is 1. The van der Waals surface area contributed by atoms with Crippen LogP contribution in [0, 0.1) is 0 Å². The van der Waals surface area contributed by atoms with Crippen molar-refractivity contribution in [2.75, 3.05) is 31.1 Å². The molecule has 0 saturated carbocycles. The van der Waals surface area contributed by atoms with E-state index in [0.717, 1.165) is 37.7 Å². The Labute approximate surface area is 99.1 Å². The number of H-pyrrole nitrogens is 1. The summed E-state index contributed by atoms with van der Waals surface area (Å²) in [5.41, 5.74) is 0.898. The lowest BCUT2D eigenvalue weighted by atomic mass is 10.3. The molecule has 0 atom stereocenters. The zero-order chi connectivity index (χ0) is 11.5. The summed E-state index contributed by atoms with van der Waals surface area (Å²) in [4.78, 5) is 9.84. The molecule has 1 fully saturated rings. The summed E-state index contributed by atoms with van der Waals surface area (Å²) in [5.74, 6) is 1.54. The van der Waals surface area contributed by atoms with Crippen LogP contribution in [-0.4, -0.2) is 46.3 Å². The smallest absolute Gasteiger partial charge is 0.200 e. The van der Waals surface area contributed by atoms with Gasteiger partial charge in [-0.05, 0) is 12.1 Å². The van der Waals surface area contributed by atoms with E-state index in [2.05, 4.69) is 30.4 Å². The van der Waals surface area contributed by atoms with Crippen molar-refractivity contribution < 1.29 is 0 Å². The van der Waals surface area contributed by atoms with Gasteiger partial charge in [0.15, 0.2) is 11.6 Å². The van der Waals surface area contributed by atoms with E-state index in [1.807, 2.05) is 18.3 Å². The normalized spacial score (nSPS) is 16.1. The van der Waals surface area contributed by atoms with Crippen LogP contribution in [0.3, 0.4) is 0 Å². The van der Waals surface area contributed by atoms with Crippen LogP contribution in [-0.2, 0) is 0 Å². The molecule has 17 heavy (non-hydrogen) atoms. The SMILES string of the molecule is c1c[nH]c(-c2nncc(N3CCNCC3)n2)c1. The summed E-state index contributed by atoms with van der Waals surface area (Å²) in [7, 11) is 0. The van der Waals surface area contributed by atoms with Crippen LogP contribution in [0.2, 0.25) is 0 Å². The quantitative estimate of drug-likeness (QED) is 0.775. The largest absolute Gasteiger partial charge is 0.359 e. The van der Waals surface area contributed by atoms with Gasteiger partial charge in [-0.1, -0.05) is 0 Å². The standard InChI is InChI=1S/C11H14N6/c1-2-9(13-3-1)11-15-10(8-14-16-11)17-6-4-12-5-7-17/h1-3,8,12-13H,4-7H2. The van der Waals surface area contributed by atoms with Gasteiger partial charge >= 0.3 is 0 Å². The van der Waals surface area contributed by atoms with Crippen molar-refractivity contribution in [1.29, 1.82) is 0 Å². The van der Waals surface area contributed by atoms with Gasteiger partial charge in [0.1, 0.15) is 0 Å². The van der Waals surface area contributed by atoms with Crippen molar-refractivity contribution in [2.45, 2.75) is 0 Å². The van der Waals surface area contributed by atoms with Crippen molar-refractivity contribution in [3.63, 3.8) is 0 Å². The highest BCUT2D eigenvalue weighted by Crippen LogP contribution is 2.15. The zero-order valence-corrected chi connectivity index (χ0v) is 9.43. The first-order valence-corrected chi connectivity index (χ1v) is 5.72. The van der Waals surface area contributed by atoms with E-state index < -0.39 is 0 Å². The fraction of sp³-hybridized carbons (Fsp3) is 0.364. The van der Waals surface area contributed by atoms with Crippen LogP contribution < -0.4 is 10.2 Å². The fourth-order valence-corrected chi connectivity index (χ4v) is 1.92. The molecular weight excluding hydrogens is 216 g/mol. The van der Waals surface area contributed by atoms with Crippen LogP contribution in [0.5, 0.6) is 0 Å². The highest BCUT2D eigenvalue weighted by Gasteiger charge is 2.13. The van der Waals surface area contributed by atoms with Gasteiger partial charge in [-0.25, -0.2) is 4.98 Å². The van der Waals surface area contributed by atoms with E-state index in [1.165, 1.54) is 0 Å². The summed E-state index contributed by atoms with van der Waals surface area (Å²) in [6.07, 6.45) is 3.58. The Bertz CT molecular complexity index is 474. The minimum Gasteiger partial charge on any atom is -0.359 e. The number of rotatable bonds is 2. The average Bonchev–Trinajstić information content (AvgIpc) is 2.94. The number of anilines is 1. The molecule has 3 rings (SSSR count). The van der Waals surface area contributed by atoms with Crippen LogP contribution in [0.4, 0.5) is 5.82 Å². The first kappa shape index (κ1) is 10.2. The molecule has 3 heterocycles. The van der Waals surface area contributed by atoms with Gasteiger partial charge in [0.05, 0.1) is 11.9 Å². The van der Waals surface area contributed by atoms with Crippen LogP contribution >= 0.6 is 0 Å². The number of hydrogen-bond acceptors (Lipinski definition) is 5. The zero-order valence-electron chi connectivity index (χ0n) is 9.43. The Morgan fingerprint density at radius 2 is 2.12 bits per heavy atom. The minimum absolute atomic E-state index is 0.644. The molecule has 0 aliphatic carbocycles. The molecule has 0 aromatic carbocycles. The number of aromatic nitrogens is 4. The summed E-state index contributed by atoms with van der Waals surface area (Å²) >= 11 is 0. The maximum Gasteiger partial charge on any atom is 0.200 e. The van der Waals surface area contributed by atoms with Crippen molar-refractivity contribution >= 4 is 5.82 Å². The topological polar surface area (TPSA) is 69.7 Å². The van der Waals surface area contributed by atoms with E-state index in [9.17, 15) is 0 Å². The molecule has 0 spiro atoms. The van der Waals surface area contributed by atoms with E-state index >= 15 is 0 Å². The Kier molecular flexibility index (Phi) is 2.71. The molecule has 1 aliphatic rings. The second kappa shape index (κ2) is 4.50. The third kappa shape index (κ3) is 2.12. The lowest BCUT2D eigenvalue weighted by Crippen LogP contribution is -2.44. The minimum atomic E-state index is 0.644. The molecule has 2 N–H and O–H groups in total. The van der Waals surface area contributed by atoms with Crippen molar-refractivity contribution in [2.24, 2.45) is 0 Å². The molecule has 2 aromatic rings. The molecule has 2 aromatic heterocycles. The van der Waals surface area contributed by atoms with Crippen LogP contribution in [0.1, 0.15) is 0 Å². The molecule has 88 valence electrons. The van der Waals surface area contributed by atoms with Gasteiger partial charge in [-0.15, -0.1) is 5.10 Å². The van der Waals surface area contributed by atoms with Gasteiger partial charge in [0, 0.05) is 32.4 Å². The third-order valence-electron chi connectivity index (χ3n) is 2.83.